The highest BCUT2D eigenvalue weighted by Gasteiger charge is 2.31. The molecule has 2 heteroatoms. The number of ether oxygens (including phenoxy) is 1. The predicted octanol–water partition coefficient (Wildman–Crippen LogP) is 6.33. The van der Waals surface area contributed by atoms with Crippen LogP contribution in [0.2, 0.25) is 0 Å². The smallest absolute Gasteiger partial charge is 0.256 e. The van der Waals surface area contributed by atoms with E-state index in [1.165, 1.54) is 49.6 Å². The van der Waals surface area contributed by atoms with Crippen molar-refractivity contribution in [2.45, 2.75) is 33.6 Å². The molecule has 0 saturated carbocycles. The lowest BCUT2D eigenvalue weighted by Crippen LogP contribution is -2.33. The molecule has 4 aromatic rings. The highest BCUT2D eigenvalue weighted by atomic mass is 16.5. The molecular weight excluding hydrogens is 330 g/mol. The minimum atomic E-state index is 0.510. The summed E-state index contributed by atoms with van der Waals surface area (Å²) in [6.07, 6.45) is 0. The zero-order valence-electron chi connectivity index (χ0n) is 16.6. The van der Waals surface area contributed by atoms with Crippen LogP contribution in [-0.2, 0) is 7.05 Å². The summed E-state index contributed by atoms with van der Waals surface area (Å²) in [6.45, 7) is 8.89. The second-order valence-corrected chi connectivity index (χ2v) is 8.04. The summed E-state index contributed by atoms with van der Waals surface area (Å²) in [5.41, 5.74) is 7.71. The standard InChI is InChI=1S/C25H24NO/c1-14(2)17-9-10-20-19(12-17)13-22-25(26(20)5)23-16(4)15(3)11-18-7-6-8-21(27-22)24(18)23/h6-14H,1-5H3/q+1. The third-order valence-electron chi connectivity index (χ3n) is 6.04. The van der Waals surface area contributed by atoms with Gasteiger partial charge in [-0.3, -0.25) is 0 Å². The third-order valence-corrected chi connectivity index (χ3v) is 6.04. The van der Waals surface area contributed by atoms with E-state index in [1.807, 2.05) is 0 Å². The molecule has 5 rings (SSSR count). The highest BCUT2D eigenvalue weighted by molar-refractivity contribution is 6.05. The molecule has 0 aliphatic carbocycles. The molecule has 0 bridgehead atoms. The van der Waals surface area contributed by atoms with Crippen LogP contribution in [0, 0.1) is 13.8 Å². The number of pyridine rings is 1. The number of fused-ring (bicyclic) bond motifs is 3. The zero-order valence-corrected chi connectivity index (χ0v) is 16.6. The van der Waals surface area contributed by atoms with Crippen LogP contribution < -0.4 is 9.30 Å². The van der Waals surface area contributed by atoms with Crippen molar-refractivity contribution in [1.29, 1.82) is 0 Å². The molecule has 134 valence electrons. The molecule has 2 nitrogen and oxygen atoms in total. The number of hydrogen-bond acceptors (Lipinski definition) is 1. The van der Waals surface area contributed by atoms with Crippen molar-refractivity contribution in [2.75, 3.05) is 0 Å². The molecule has 0 N–H and O–H groups in total. The van der Waals surface area contributed by atoms with Crippen LogP contribution in [0.4, 0.5) is 0 Å². The number of benzene rings is 3. The van der Waals surface area contributed by atoms with Gasteiger partial charge in [0.15, 0.2) is 5.75 Å². The minimum Gasteiger partial charge on any atom is -0.450 e. The van der Waals surface area contributed by atoms with Gasteiger partial charge in [-0.05, 0) is 54.0 Å². The van der Waals surface area contributed by atoms with Crippen molar-refractivity contribution in [1.82, 2.24) is 0 Å². The minimum absolute atomic E-state index is 0.510. The summed E-state index contributed by atoms with van der Waals surface area (Å²) in [5, 5.41) is 3.69. The Morgan fingerprint density at radius 3 is 2.48 bits per heavy atom. The predicted molar refractivity (Wildman–Crippen MR) is 112 cm³/mol. The van der Waals surface area contributed by atoms with Gasteiger partial charge in [0.25, 0.3) is 5.69 Å². The molecule has 27 heavy (non-hydrogen) atoms. The third kappa shape index (κ3) is 2.22. The summed E-state index contributed by atoms with van der Waals surface area (Å²) >= 11 is 0. The maximum atomic E-state index is 6.41. The maximum absolute atomic E-state index is 6.41. The van der Waals surface area contributed by atoms with E-state index in [2.05, 4.69) is 87.8 Å². The second-order valence-electron chi connectivity index (χ2n) is 8.04. The number of rotatable bonds is 1. The van der Waals surface area contributed by atoms with E-state index in [4.69, 9.17) is 4.74 Å². The molecule has 0 spiro atoms. The van der Waals surface area contributed by atoms with E-state index < -0.39 is 0 Å². The number of nitrogens with zero attached hydrogens (tertiary/aromatic N) is 1. The van der Waals surface area contributed by atoms with E-state index in [9.17, 15) is 0 Å². The first-order valence-corrected chi connectivity index (χ1v) is 9.63. The second kappa shape index (κ2) is 5.56. The van der Waals surface area contributed by atoms with Crippen LogP contribution in [0.15, 0.2) is 48.5 Å². The molecule has 1 aliphatic rings. The van der Waals surface area contributed by atoms with Gasteiger partial charge in [0.2, 0.25) is 5.52 Å². The van der Waals surface area contributed by atoms with Crippen molar-refractivity contribution in [3.05, 3.63) is 65.2 Å². The quantitative estimate of drug-likeness (QED) is 0.321. The maximum Gasteiger partial charge on any atom is 0.256 e. The van der Waals surface area contributed by atoms with Crippen molar-refractivity contribution < 1.29 is 9.30 Å². The van der Waals surface area contributed by atoms with Gasteiger partial charge in [-0.1, -0.05) is 38.1 Å². The summed E-state index contributed by atoms with van der Waals surface area (Å²) < 4.78 is 8.71. The summed E-state index contributed by atoms with van der Waals surface area (Å²) in [4.78, 5) is 0. The Morgan fingerprint density at radius 2 is 1.70 bits per heavy atom. The molecular formula is C25H24NO+. The summed E-state index contributed by atoms with van der Waals surface area (Å²) in [5.74, 6) is 2.41. The Balaban J connectivity index is 1.93. The van der Waals surface area contributed by atoms with Gasteiger partial charge in [-0.2, -0.15) is 4.57 Å². The van der Waals surface area contributed by atoms with Crippen LogP contribution in [-0.4, -0.2) is 0 Å². The Morgan fingerprint density at radius 1 is 0.889 bits per heavy atom. The fourth-order valence-corrected chi connectivity index (χ4v) is 4.38. The van der Waals surface area contributed by atoms with Crippen LogP contribution in [0.25, 0.3) is 32.9 Å². The average Bonchev–Trinajstić information content (AvgIpc) is 2.64. The molecule has 1 aliphatic heterocycles. The first-order valence-electron chi connectivity index (χ1n) is 9.63. The van der Waals surface area contributed by atoms with Crippen molar-refractivity contribution in [2.24, 2.45) is 7.05 Å². The molecule has 0 amide bonds. The van der Waals surface area contributed by atoms with Gasteiger partial charge in [0, 0.05) is 17.5 Å². The van der Waals surface area contributed by atoms with E-state index >= 15 is 0 Å². The molecule has 2 heterocycles. The molecule has 0 fully saturated rings. The fraction of sp³-hybridized carbons (Fsp3) is 0.240. The monoisotopic (exact) mass is 354 g/mol. The SMILES string of the molecule is Cc1cc2cccc3c2c(c1C)-c1c(cc2cc(C(C)C)ccc2[n+]1C)O3. The van der Waals surface area contributed by atoms with Gasteiger partial charge in [-0.15, -0.1) is 0 Å². The first-order chi connectivity index (χ1) is 13.0. The van der Waals surface area contributed by atoms with Crippen LogP contribution in [0.3, 0.4) is 0 Å². The van der Waals surface area contributed by atoms with Crippen molar-refractivity contribution >= 4 is 21.7 Å². The zero-order chi connectivity index (χ0) is 18.9. The van der Waals surface area contributed by atoms with E-state index in [0.29, 0.717) is 5.92 Å². The van der Waals surface area contributed by atoms with Crippen LogP contribution in [0.1, 0.15) is 36.5 Å². The van der Waals surface area contributed by atoms with Crippen LogP contribution in [0.5, 0.6) is 11.5 Å². The molecule has 1 aromatic heterocycles. The Labute approximate surface area is 160 Å². The highest BCUT2D eigenvalue weighted by Crippen LogP contribution is 2.47. The number of hydrogen-bond donors (Lipinski definition) is 0. The Kier molecular flexibility index (Phi) is 3.36. The molecule has 0 radical (unpaired) electrons. The topological polar surface area (TPSA) is 13.1 Å². The van der Waals surface area contributed by atoms with Gasteiger partial charge in [0.05, 0.1) is 10.9 Å². The number of aromatic nitrogens is 1. The van der Waals surface area contributed by atoms with E-state index in [0.717, 1.165) is 11.5 Å². The fourth-order valence-electron chi connectivity index (χ4n) is 4.38. The number of aryl methyl sites for hydroxylation is 2. The van der Waals surface area contributed by atoms with Crippen LogP contribution >= 0.6 is 0 Å². The van der Waals surface area contributed by atoms with E-state index in [-0.39, 0.29) is 0 Å². The Hall–Kier alpha value is -2.87. The van der Waals surface area contributed by atoms with Gasteiger partial charge < -0.3 is 4.74 Å². The molecule has 3 aromatic carbocycles. The van der Waals surface area contributed by atoms with E-state index in [1.54, 1.807) is 0 Å². The largest absolute Gasteiger partial charge is 0.450 e. The Bertz CT molecular complexity index is 1250. The summed E-state index contributed by atoms with van der Waals surface area (Å²) in [6, 6.07) is 17.6. The molecule has 0 unspecified atom stereocenters. The average molecular weight is 354 g/mol. The lowest BCUT2D eigenvalue weighted by molar-refractivity contribution is -0.633. The normalized spacial score (nSPS) is 12.5. The molecule has 0 atom stereocenters. The van der Waals surface area contributed by atoms with Gasteiger partial charge >= 0.3 is 0 Å². The first kappa shape index (κ1) is 16.3. The van der Waals surface area contributed by atoms with Gasteiger partial charge in [0.1, 0.15) is 12.8 Å². The lowest BCUT2D eigenvalue weighted by atomic mass is 9.90. The van der Waals surface area contributed by atoms with Gasteiger partial charge in [-0.25, -0.2) is 0 Å². The molecule has 0 saturated heterocycles. The van der Waals surface area contributed by atoms with Crippen molar-refractivity contribution in [3.8, 4) is 22.8 Å². The van der Waals surface area contributed by atoms with Crippen molar-refractivity contribution in [3.63, 3.8) is 0 Å². The summed E-state index contributed by atoms with van der Waals surface area (Å²) in [7, 11) is 2.15. The lowest BCUT2D eigenvalue weighted by Gasteiger charge is -2.22.